The van der Waals surface area contributed by atoms with Crippen molar-refractivity contribution in [3.8, 4) is 0 Å². The zero-order chi connectivity index (χ0) is 18.9. The van der Waals surface area contributed by atoms with Gasteiger partial charge in [-0.15, -0.1) is 0 Å². The van der Waals surface area contributed by atoms with Crippen molar-refractivity contribution >= 4 is 21.4 Å². The zero-order valence-corrected chi connectivity index (χ0v) is 16.7. The van der Waals surface area contributed by atoms with Crippen LogP contribution in [-0.2, 0) is 16.4 Å². The Bertz CT molecular complexity index is 930. The average molecular weight is 378 g/mol. The molecule has 3 heterocycles. The number of sulfone groups is 1. The van der Waals surface area contributed by atoms with Gasteiger partial charge in [0, 0.05) is 32.0 Å². The predicted molar refractivity (Wildman–Crippen MR) is 104 cm³/mol. The Morgan fingerprint density at radius 1 is 1.42 bits per heavy atom. The van der Waals surface area contributed by atoms with Gasteiger partial charge >= 0.3 is 0 Å². The highest BCUT2D eigenvalue weighted by Crippen LogP contribution is 2.23. The van der Waals surface area contributed by atoms with Gasteiger partial charge in [-0.3, -0.25) is 0 Å². The van der Waals surface area contributed by atoms with Crippen molar-refractivity contribution in [3.05, 3.63) is 35.8 Å². The van der Waals surface area contributed by atoms with Crippen LogP contribution in [0.5, 0.6) is 0 Å². The molecule has 2 aromatic rings. The molecule has 0 spiro atoms. The van der Waals surface area contributed by atoms with Gasteiger partial charge in [0.1, 0.15) is 5.65 Å². The number of hydrogen-bond acceptors (Lipinski definition) is 4. The first-order valence-corrected chi connectivity index (χ1v) is 10.6. The lowest BCUT2D eigenvalue weighted by Crippen LogP contribution is -2.57. The van der Waals surface area contributed by atoms with Crippen LogP contribution in [0.1, 0.15) is 32.0 Å². The van der Waals surface area contributed by atoms with E-state index in [4.69, 9.17) is 4.99 Å². The minimum Gasteiger partial charge on any atom is -0.357 e. The van der Waals surface area contributed by atoms with E-state index in [1.54, 1.807) is 13.8 Å². The third-order valence-corrected chi connectivity index (χ3v) is 7.27. The summed E-state index contributed by atoms with van der Waals surface area (Å²) in [6.07, 6.45) is 3.97. The van der Waals surface area contributed by atoms with Crippen LogP contribution in [-0.4, -0.2) is 58.8 Å². The number of aromatic nitrogens is 2. The molecule has 1 fully saturated rings. The fourth-order valence-corrected chi connectivity index (χ4v) is 4.48. The highest BCUT2D eigenvalue weighted by molar-refractivity contribution is 7.92. The Labute approximate surface area is 155 Å². The second-order valence-electron chi connectivity index (χ2n) is 7.37. The van der Waals surface area contributed by atoms with E-state index in [0.29, 0.717) is 19.6 Å². The van der Waals surface area contributed by atoms with Crippen LogP contribution in [0.2, 0.25) is 0 Å². The summed E-state index contributed by atoms with van der Waals surface area (Å²) in [5.74, 6) is 0.890. The second kappa shape index (κ2) is 6.90. The van der Waals surface area contributed by atoms with Gasteiger partial charge in [-0.05, 0) is 45.4 Å². The maximum atomic E-state index is 12.2. The molecule has 1 aliphatic heterocycles. The Balaban J connectivity index is 1.80. The number of nitrogens with zero attached hydrogens (tertiary/aromatic N) is 4. The summed E-state index contributed by atoms with van der Waals surface area (Å²) in [6.45, 7) is 9.69. The standard InChI is InChI=1S/C18H27N5O2S/c1-5-19-17(23-8-9-26(24,25)18(3,4)13-23)20-11-15-12-22-7-6-14(2)10-16(22)21-15/h6-7,10,12H,5,8-9,11,13H2,1-4H3,(H,19,20). The molecule has 0 unspecified atom stereocenters. The molecule has 0 radical (unpaired) electrons. The molecular weight excluding hydrogens is 350 g/mol. The van der Waals surface area contributed by atoms with Crippen LogP contribution in [0.4, 0.5) is 0 Å². The largest absolute Gasteiger partial charge is 0.357 e. The van der Waals surface area contributed by atoms with E-state index in [-0.39, 0.29) is 5.75 Å². The maximum absolute atomic E-state index is 12.2. The molecule has 0 aliphatic carbocycles. The van der Waals surface area contributed by atoms with Crippen LogP contribution < -0.4 is 5.32 Å². The van der Waals surface area contributed by atoms with Crippen molar-refractivity contribution in [2.45, 2.75) is 39.0 Å². The number of rotatable bonds is 3. The molecule has 7 nitrogen and oxygen atoms in total. The summed E-state index contributed by atoms with van der Waals surface area (Å²) in [5, 5.41) is 3.28. The molecule has 1 saturated heterocycles. The van der Waals surface area contributed by atoms with E-state index in [1.165, 1.54) is 5.56 Å². The molecule has 0 saturated carbocycles. The molecule has 8 heteroatoms. The fraction of sp³-hybridized carbons (Fsp3) is 0.556. The molecule has 1 N–H and O–H groups in total. The molecule has 2 aromatic heterocycles. The van der Waals surface area contributed by atoms with Crippen LogP contribution >= 0.6 is 0 Å². The third kappa shape index (κ3) is 3.70. The lowest BCUT2D eigenvalue weighted by Gasteiger charge is -2.39. The van der Waals surface area contributed by atoms with Gasteiger partial charge in [-0.1, -0.05) is 0 Å². The topological polar surface area (TPSA) is 79.1 Å². The molecule has 0 aromatic carbocycles. The van der Waals surface area contributed by atoms with E-state index >= 15 is 0 Å². The third-order valence-electron chi connectivity index (χ3n) is 4.73. The van der Waals surface area contributed by atoms with Crippen LogP contribution in [0, 0.1) is 6.92 Å². The number of aliphatic imine (C=N–C) groups is 1. The number of imidazole rings is 1. The number of fused-ring (bicyclic) bond motifs is 1. The highest BCUT2D eigenvalue weighted by Gasteiger charge is 2.40. The van der Waals surface area contributed by atoms with E-state index in [0.717, 1.165) is 23.8 Å². The molecule has 26 heavy (non-hydrogen) atoms. The lowest BCUT2D eigenvalue weighted by molar-refractivity contribution is 0.353. The van der Waals surface area contributed by atoms with E-state index in [2.05, 4.69) is 10.3 Å². The molecule has 0 bridgehead atoms. The predicted octanol–water partition coefficient (Wildman–Crippen LogP) is 1.62. The smallest absolute Gasteiger partial charge is 0.194 e. The Kier molecular flexibility index (Phi) is 4.96. The monoisotopic (exact) mass is 377 g/mol. The van der Waals surface area contributed by atoms with Crippen molar-refractivity contribution in [1.29, 1.82) is 0 Å². The normalized spacial score (nSPS) is 19.7. The van der Waals surface area contributed by atoms with Gasteiger partial charge in [0.15, 0.2) is 15.8 Å². The highest BCUT2D eigenvalue weighted by atomic mass is 32.2. The van der Waals surface area contributed by atoms with Gasteiger partial charge in [-0.25, -0.2) is 18.4 Å². The number of aryl methyl sites for hydroxylation is 1. The van der Waals surface area contributed by atoms with Gasteiger partial charge in [0.2, 0.25) is 0 Å². The van der Waals surface area contributed by atoms with Gasteiger partial charge < -0.3 is 14.6 Å². The number of nitrogens with one attached hydrogen (secondary N) is 1. The summed E-state index contributed by atoms with van der Waals surface area (Å²) >= 11 is 0. The van der Waals surface area contributed by atoms with Gasteiger partial charge in [0.05, 0.1) is 22.7 Å². The first kappa shape index (κ1) is 18.7. The van der Waals surface area contributed by atoms with Crippen LogP contribution in [0.3, 0.4) is 0 Å². The van der Waals surface area contributed by atoms with Crippen LogP contribution in [0.25, 0.3) is 5.65 Å². The minimum absolute atomic E-state index is 0.151. The fourth-order valence-electron chi connectivity index (χ4n) is 3.12. The maximum Gasteiger partial charge on any atom is 0.194 e. The minimum atomic E-state index is -3.07. The van der Waals surface area contributed by atoms with E-state index < -0.39 is 14.6 Å². The molecule has 0 amide bonds. The molecular formula is C18H27N5O2S. The van der Waals surface area contributed by atoms with Crippen molar-refractivity contribution in [3.63, 3.8) is 0 Å². The van der Waals surface area contributed by atoms with Crippen molar-refractivity contribution < 1.29 is 8.42 Å². The van der Waals surface area contributed by atoms with Crippen molar-refractivity contribution in [2.24, 2.45) is 4.99 Å². The zero-order valence-electron chi connectivity index (χ0n) is 15.9. The van der Waals surface area contributed by atoms with Crippen LogP contribution in [0.15, 0.2) is 29.5 Å². The number of hydrogen-bond donors (Lipinski definition) is 1. The van der Waals surface area contributed by atoms with E-state index in [1.807, 2.05) is 47.7 Å². The summed E-state index contributed by atoms with van der Waals surface area (Å²) in [5.41, 5.74) is 2.96. The van der Waals surface area contributed by atoms with E-state index in [9.17, 15) is 8.42 Å². The second-order valence-corrected chi connectivity index (χ2v) is 10.1. The molecule has 0 atom stereocenters. The Morgan fingerprint density at radius 2 is 2.19 bits per heavy atom. The molecule has 3 rings (SSSR count). The van der Waals surface area contributed by atoms with Crippen molar-refractivity contribution in [2.75, 3.05) is 25.4 Å². The summed E-state index contributed by atoms with van der Waals surface area (Å²) in [7, 11) is -3.07. The Hall–Kier alpha value is -2.09. The molecule has 1 aliphatic rings. The number of guanidine groups is 1. The van der Waals surface area contributed by atoms with Gasteiger partial charge in [-0.2, -0.15) is 0 Å². The van der Waals surface area contributed by atoms with Gasteiger partial charge in [0.25, 0.3) is 0 Å². The SMILES string of the molecule is CCNC(=NCc1cn2ccc(C)cc2n1)N1CCS(=O)(=O)C(C)(C)C1. The average Bonchev–Trinajstić information content (AvgIpc) is 2.96. The Morgan fingerprint density at radius 3 is 2.88 bits per heavy atom. The summed E-state index contributed by atoms with van der Waals surface area (Å²) in [6, 6.07) is 4.08. The first-order valence-electron chi connectivity index (χ1n) is 8.92. The summed E-state index contributed by atoms with van der Waals surface area (Å²) < 4.78 is 25.7. The molecule has 142 valence electrons. The summed E-state index contributed by atoms with van der Waals surface area (Å²) in [4.78, 5) is 11.3. The first-order chi connectivity index (χ1) is 12.2. The lowest BCUT2D eigenvalue weighted by atomic mass is 10.2. The quantitative estimate of drug-likeness (QED) is 0.649. The number of pyridine rings is 1. The van der Waals surface area contributed by atoms with Crippen molar-refractivity contribution in [1.82, 2.24) is 19.6 Å².